The molecule has 4 aromatic rings. The van der Waals surface area contributed by atoms with Gasteiger partial charge in [0.25, 0.3) is 0 Å². The van der Waals surface area contributed by atoms with E-state index in [1.807, 2.05) is 48.5 Å². The average molecular weight is 571 g/mol. The van der Waals surface area contributed by atoms with Crippen LogP contribution in [0, 0.1) is 23.2 Å². The number of halogens is 1. The molecule has 3 aliphatic carbocycles. The number of anilines is 1. The van der Waals surface area contributed by atoms with Gasteiger partial charge in [-0.3, -0.25) is 14.4 Å². The number of nitriles is 1. The molecule has 4 aromatic carbocycles. The highest BCUT2D eigenvalue weighted by Crippen LogP contribution is 2.63. The maximum atomic E-state index is 14.4. The second-order valence-corrected chi connectivity index (χ2v) is 11.2. The molecule has 2 bridgehead atoms. The van der Waals surface area contributed by atoms with Gasteiger partial charge in [-0.05, 0) is 52.1 Å². The Morgan fingerprint density at radius 3 is 2.19 bits per heavy atom. The molecule has 1 aliphatic heterocycles. The van der Waals surface area contributed by atoms with Crippen molar-refractivity contribution in [2.45, 2.75) is 17.8 Å². The molecule has 1 fully saturated rings. The van der Waals surface area contributed by atoms with Gasteiger partial charge < -0.3 is 0 Å². The normalized spacial score (nSPS) is 23.3. The standard InChI is InChI=1S/C34H23ClN4O3/c35-22-15-13-20(14-16-22)17-28(40)38-37-19-34-25-10-4-2-8-23(25)29(24-9-3-5-11-26(24)34)30-31(34)33(42)39(32(30)41)27-12-6-1-7-21(27)18-36/h1-16,19,29-31H,17H2,(H,38,40)/b37-19-/t29?,30-,31+,34?/m1/s1. The van der Waals surface area contributed by atoms with Crippen LogP contribution in [0.25, 0.3) is 0 Å². The van der Waals surface area contributed by atoms with Crippen molar-refractivity contribution in [3.8, 4) is 6.07 Å². The topological polar surface area (TPSA) is 103 Å². The fourth-order valence-electron chi connectivity index (χ4n) is 7.08. The summed E-state index contributed by atoms with van der Waals surface area (Å²) in [5, 5.41) is 14.8. The first kappa shape index (κ1) is 25.9. The minimum absolute atomic E-state index is 0.0962. The van der Waals surface area contributed by atoms with Crippen molar-refractivity contribution >= 4 is 41.2 Å². The number of carbonyl (C=O) groups is 3. The Kier molecular flexibility index (Phi) is 6.03. The summed E-state index contributed by atoms with van der Waals surface area (Å²) in [6.07, 6.45) is 1.72. The summed E-state index contributed by atoms with van der Waals surface area (Å²) < 4.78 is 0. The highest BCUT2D eigenvalue weighted by molar-refractivity contribution is 6.30. The Labute approximate surface area is 247 Å². The van der Waals surface area contributed by atoms with Gasteiger partial charge >= 0.3 is 0 Å². The quantitative estimate of drug-likeness (QED) is 0.205. The largest absolute Gasteiger partial charge is 0.274 e. The lowest BCUT2D eigenvalue weighted by Gasteiger charge is -2.52. The number of nitrogens with zero attached hydrogens (tertiary/aromatic N) is 3. The minimum atomic E-state index is -1.12. The highest BCUT2D eigenvalue weighted by atomic mass is 35.5. The van der Waals surface area contributed by atoms with E-state index >= 15 is 0 Å². The van der Waals surface area contributed by atoms with Crippen LogP contribution < -0.4 is 10.3 Å². The van der Waals surface area contributed by atoms with Crippen molar-refractivity contribution < 1.29 is 14.4 Å². The van der Waals surface area contributed by atoms with Gasteiger partial charge in [0.1, 0.15) is 6.07 Å². The van der Waals surface area contributed by atoms with E-state index in [4.69, 9.17) is 11.6 Å². The number of carbonyl (C=O) groups excluding carboxylic acids is 3. The van der Waals surface area contributed by atoms with Gasteiger partial charge in [0, 0.05) is 17.2 Å². The number of nitrogens with one attached hydrogen (secondary N) is 1. The van der Waals surface area contributed by atoms with Crippen LogP contribution in [-0.4, -0.2) is 23.9 Å². The lowest BCUT2D eigenvalue weighted by molar-refractivity contribution is -0.123. The Morgan fingerprint density at radius 2 is 1.52 bits per heavy atom. The van der Waals surface area contributed by atoms with Crippen molar-refractivity contribution in [2.24, 2.45) is 16.9 Å². The Bertz CT molecular complexity index is 1810. The number of para-hydroxylation sites is 1. The first-order valence-electron chi connectivity index (χ1n) is 13.6. The molecule has 4 aliphatic rings. The average Bonchev–Trinajstić information content (AvgIpc) is 3.28. The highest BCUT2D eigenvalue weighted by Gasteiger charge is 2.68. The third-order valence-electron chi connectivity index (χ3n) is 8.68. The second-order valence-electron chi connectivity index (χ2n) is 10.8. The summed E-state index contributed by atoms with van der Waals surface area (Å²) in [5.74, 6) is -2.92. The van der Waals surface area contributed by atoms with E-state index in [2.05, 4.69) is 16.6 Å². The Balaban J connectivity index is 1.36. The molecule has 3 amide bonds. The van der Waals surface area contributed by atoms with Crippen LogP contribution in [0.5, 0.6) is 0 Å². The summed E-state index contributed by atoms with van der Waals surface area (Å²) in [7, 11) is 0. The molecule has 0 spiro atoms. The zero-order chi connectivity index (χ0) is 29.0. The lowest BCUT2D eigenvalue weighted by Crippen LogP contribution is -2.54. The van der Waals surface area contributed by atoms with Gasteiger partial charge in [0.15, 0.2) is 0 Å². The van der Waals surface area contributed by atoms with E-state index in [-0.39, 0.29) is 41.3 Å². The first-order chi connectivity index (χ1) is 20.5. The number of imide groups is 1. The molecule has 204 valence electrons. The number of hydrogen-bond donors (Lipinski definition) is 1. The zero-order valence-corrected chi connectivity index (χ0v) is 23.0. The van der Waals surface area contributed by atoms with Gasteiger partial charge in [-0.2, -0.15) is 10.4 Å². The summed E-state index contributed by atoms with van der Waals surface area (Å²) in [5.41, 5.74) is 6.48. The summed E-state index contributed by atoms with van der Waals surface area (Å²) >= 11 is 5.97. The van der Waals surface area contributed by atoms with Crippen LogP contribution in [0.3, 0.4) is 0 Å². The van der Waals surface area contributed by atoms with Crippen molar-refractivity contribution in [3.63, 3.8) is 0 Å². The molecule has 8 rings (SSSR count). The molecule has 0 radical (unpaired) electrons. The predicted octanol–water partition coefficient (Wildman–Crippen LogP) is 5.11. The van der Waals surface area contributed by atoms with Crippen LogP contribution in [0.2, 0.25) is 5.02 Å². The Hall–Kier alpha value is -5.06. The summed E-state index contributed by atoms with van der Waals surface area (Å²) in [6.45, 7) is 0. The lowest BCUT2D eigenvalue weighted by atomic mass is 9.47. The van der Waals surface area contributed by atoms with E-state index in [9.17, 15) is 19.6 Å². The van der Waals surface area contributed by atoms with Crippen LogP contribution in [0.4, 0.5) is 5.69 Å². The van der Waals surface area contributed by atoms with Gasteiger partial charge in [0.05, 0.1) is 34.9 Å². The number of rotatable bonds is 5. The third-order valence-corrected chi connectivity index (χ3v) is 8.94. The van der Waals surface area contributed by atoms with E-state index < -0.39 is 17.3 Å². The molecule has 2 atom stereocenters. The van der Waals surface area contributed by atoms with Gasteiger partial charge in [0.2, 0.25) is 17.7 Å². The van der Waals surface area contributed by atoms with Crippen LogP contribution >= 0.6 is 11.6 Å². The molecule has 7 nitrogen and oxygen atoms in total. The molecule has 42 heavy (non-hydrogen) atoms. The molecule has 1 N–H and O–H groups in total. The number of hydrazone groups is 1. The van der Waals surface area contributed by atoms with Crippen molar-refractivity contribution in [3.05, 3.63) is 135 Å². The van der Waals surface area contributed by atoms with Crippen LogP contribution in [0.15, 0.2) is 102 Å². The molecule has 1 heterocycles. The number of benzene rings is 4. The van der Waals surface area contributed by atoms with Crippen LogP contribution in [0.1, 0.15) is 39.3 Å². The number of amides is 3. The van der Waals surface area contributed by atoms with Gasteiger partial charge in [-0.15, -0.1) is 0 Å². The summed E-state index contributed by atoms with van der Waals surface area (Å²) in [6, 6.07) is 31.4. The van der Waals surface area contributed by atoms with E-state index in [0.717, 1.165) is 27.8 Å². The zero-order valence-electron chi connectivity index (χ0n) is 22.2. The third kappa shape index (κ3) is 3.65. The van der Waals surface area contributed by atoms with E-state index in [1.54, 1.807) is 54.7 Å². The fraction of sp³-hybridized carbons (Fsp3) is 0.147. The SMILES string of the molecule is N#Cc1ccccc1N1C(=O)[C@@H]2C3c4ccccc4C(/C=N\NC(=O)Cc4ccc(Cl)cc4)(c4ccccc43)[C@@H]2C1=O. The molecule has 0 saturated carbocycles. The molecule has 0 unspecified atom stereocenters. The van der Waals surface area contributed by atoms with Crippen LogP contribution in [-0.2, 0) is 26.2 Å². The minimum Gasteiger partial charge on any atom is -0.274 e. The van der Waals surface area contributed by atoms with Gasteiger partial charge in [-0.25, -0.2) is 10.3 Å². The predicted molar refractivity (Wildman–Crippen MR) is 158 cm³/mol. The molecular formula is C34H23ClN4O3. The molecule has 8 heteroatoms. The molecular weight excluding hydrogens is 548 g/mol. The van der Waals surface area contributed by atoms with E-state index in [1.165, 1.54) is 4.90 Å². The first-order valence-corrected chi connectivity index (χ1v) is 14.0. The Morgan fingerprint density at radius 1 is 0.905 bits per heavy atom. The van der Waals surface area contributed by atoms with Crippen molar-refractivity contribution in [1.82, 2.24) is 5.43 Å². The fourth-order valence-corrected chi connectivity index (χ4v) is 7.21. The monoisotopic (exact) mass is 570 g/mol. The number of hydrogen-bond acceptors (Lipinski definition) is 5. The molecule has 0 aromatic heterocycles. The maximum absolute atomic E-state index is 14.4. The van der Waals surface area contributed by atoms with Gasteiger partial charge in [-0.1, -0.05) is 84.4 Å². The molecule has 1 saturated heterocycles. The van der Waals surface area contributed by atoms with E-state index in [0.29, 0.717) is 5.02 Å². The van der Waals surface area contributed by atoms with Crippen molar-refractivity contribution in [2.75, 3.05) is 4.90 Å². The van der Waals surface area contributed by atoms with Crippen molar-refractivity contribution in [1.29, 1.82) is 5.26 Å². The second kappa shape index (κ2) is 9.79. The summed E-state index contributed by atoms with van der Waals surface area (Å²) in [4.78, 5) is 42.7. The smallest absolute Gasteiger partial charge is 0.244 e. The maximum Gasteiger partial charge on any atom is 0.244 e.